The average Bonchev–Trinajstić information content (AvgIpc) is 2.75. The van der Waals surface area contributed by atoms with E-state index in [1.54, 1.807) is 11.0 Å². The Balaban J connectivity index is 2.23. The number of fused-ring (bicyclic) bond motifs is 1. The number of carbonyl (C=O) groups excluding carboxylic acids is 1. The fraction of sp³-hybridized carbons (Fsp3) is 0.500. The van der Waals surface area contributed by atoms with Gasteiger partial charge in [0.15, 0.2) is 11.5 Å². The Morgan fingerprint density at radius 3 is 2.60 bits per heavy atom. The molecule has 0 fully saturated rings. The van der Waals surface area contributed by atoms with Gasteiger partial charge >= 0.3 is 6.09 Å². The molecule has 0 radical (unpaired) electrons. The summed E-state index contributed by atoms with van der Waals surface area (Å²) in [5.74, 6) is 0.207. The summed E-state index contributed by atoms with van der Waals surface area (Å²) in [5.41, 5.74) is 1.04. The molecule has 0 aromatic heterocycles. The second-order valence-corrected chi connectivity index (χ2v) is 6.09. The van der Waals surface area contributed by atoms with Gasteiger partial charge in [-0.15, -0.1) is 0 Å². The summed E-state index contributed by atoms with van der Waals surface area (Å²) in [5, 5.41) is 10.1. The zero-order valence-corrected chi connectivity index (χ0v) is 12.7. The third-order valence-corrected chi connectivity index (χ3v) is 3.39. The molecular formula is C14H18ClNO4. The zero-order valence-electron chi connectivity index (χ0n) is 12.0. The number of carbonyl (C=O) groups is 1. The molecule has 1 aromatic rings. The Labute approximate surface area is 123 Å². The highest BCUT2D eigenvalue weighted by Gasteiger charge is 2.31. The molecule has 0 atom stereocenters. The minimum absolute atomic E-state index is 0.0982. The molecule has 6 heteroatoms. The van der Waals surface area contributed by atoms with Crippen molar-refractivity contribution in [3.63, 3.8) is 0 Å². The molecular weight excluding hydrogens is 282 g/mol. The number of aromatic hydroxyl groups is 1. The maximum absolute atomic E-state index is 12.0. The van der Waals surface area contributed by atoms with Gasteiger partial charge in [-0.1, -0.05) is 11.6 Å². The van der Waals surface area contributed by atoms with Crippen LogP contribution in [0.15, 0.2) is 6.07 Å². The molecule has 2 rings (SSSR count). The number of hydrogen-bond acceptors (Lipinski definition) is 4. The summed E-state index contributed by atoms with van der Waals surface area (Å²) < 4.78 is 10.4. The number of halogens is 1. The fourth-order valence-electron chi connectivity index (χ4n) is 2.08. The Hall–Kier alpha value is -1.62. The second-order valence-electron chi connectivity index (χ2n) is 5.72. The minimum atomic E-state index is -0.546. The highest BCUT2D eigenvalue weighted by atomic mass is 35.5. The maximum atomic E-state index is 12.0. The van der Waals surface area contributed by atoms with Crippen LogP contribution in [0.3, 0.4) is 0 Å². The lowest BCUT2D eigenvalue weighted by atomic mass is 10.1. The van der Waals surface area contributed by atoms with Crippen molar-refractivity contribution in [2.24, 2.45) is 0 Å². The molecule has 0 unspecified atom stereocenters. The first kappa shape index (κ1) is 14.8. The van der Waals surface area contributed by atoms with Crippen LogP contribution < -0.4 is 4.74 Å². The topological polar surface area (TPSA) is 59.0 Å². The van der Waals surface area contributed by atoms with Crippen molar-refractivity contribution >= 4 is 17.7 Å². The average molecular weight is 300 g/mol. The van der Waals surface area contributed by atoms with Crippen LogP contribution >= 0.6 is 11.6 Å². The van der Waals surface area contributed by atoms with Gasteiger partial charge in [0.25, 0.3) is 0 Å². The van der Waals surface area contributed by atoms with E-state index in [-0.39, 0.29) is 10.8 Å². The molecule has 1 heterocycles. The predicted molar refractivity (Wildman–Crippen MR) is 75.1 cm³/mol. The Bertz CT molecular complexity index is 551. The van der Waals surface area contributed by atoms with E-state index in [1.165, 1.54) is 7.11 Å². The van der Waals surface area contributed by atoms with Crippen LogP contribution in [0.5, 0.6) is 11.5 Å². The van der Waals surface area contributed by atoms with Crippen LogP contribution in [-0.4, -0.2) is 28.8 Å². The van der Waals surface area contributed by atoms with Gasteiger partial charge in [0.1, 0.15) is 5.60 Å². The second kappa shape index (κ2) is 5.05. The van der Waals surface area contributed by atoms with Crippen LogP contribution in [0.1, 0.15) is 31.9 Å². The molecule has 20 heavy (non-hydrogen) atoms. The summed E-state index contributed by atoms with van der Waals surface area (Å²) >= 11 is 6.12. The molecule has 0 saturated heterocycles. The van der Waals surface area contributed by atoms with Crippen LogP contribution in [0.4, 0.5) is 4.79 Å². The van der Waals surface area contributed by atoms with E-state index in [9.17, 15) is 9.90 Å². The first-order chi connectivity index (χ1) is 9.23. The Morgan fingerprint density at radius 1 is 1.40 bits per heavy atom. The SMILES string of the molecule is COc1cc2c(c(Cl)c1O)CN(C(=O)OC(C)(C)C)C2. The van der Waals surface area contributed by atoms with Gasteiger partial charge in [0.05, 0.1) is 18.7 Å². The molecule has 1 amide bonds. The number of hydrogen-bond donors (Lipinski definition) is 1. The molecule has 0 aliphatic carbocycles. The quantitative estimate of drug-likeness (QED) is 0.864. The first-order valence-corrected chi connectivity index (χ1v) is 6.66. The van der Waals surface area contributed by atoms with Crippen LogP contribution in [0.25, 0.3) is 0 Å². The number of methoxy groups -OCH3 is 1. The zero-order chi connectivity index (χ0) is 15.1. The van der Waals surface area contributed by atoms with Crippen LogP contribution in [0, 0.1) is 0 Å². The van der Waals surface area contributed by atoms with E-state index in [2.05, 4.69) is 0 Å². The van der Waals surface area contributed by atoms with Gasteiger partial charge in [-0.05, 0) is 38.0 Å². The number of rotatable bonds is 1. The van der Waals surface area contributed by atoms with E-state index in [0.717, 1.165) is 11.1 Å². The summed E-state index contributed by atoms with van der Waals surface area (Å²) in [6.45, 7) is 6.16. The van der Waals surface area contributed by atoms with Crippen molar-refractivity contribution in [1.29, 1.82) is 0 Å². The van der Waals surface area contributed by atoms with Crippen LogP contribution in [0.2, 0.25) is 5.02 Å². The molecule has 0 saturated carbocycles. The lowest BCUT2D eigenvalue weighted by molar-refractivity contribution is 0.0242. The van der Waals surface area contributed by atoms with E-state index >= 15 is 0 Å². The summed E-state index contributed by atoms with van der Waals surface area (Å²) in [6, 6.07) is 1.70. The highest BCUT2D eigenvalue weighted by molar-refractivity contribution is 6.33. The van der Waals surface area contributed by atoms with E-state index < -0.39 is 11.7 Å². The molecule has 0 bridgehead atoms. The van der Waals surface area contributed by atoms with Crippen molar-refractivity contribution in [2.75, 3.05) is 7.11 Å². The number of amides is 1. The number of phenolic OH excluding ortho intramolecular Hbond substituents is 1. The smallest absolute Gasteiger partial charge is 0.410 e. The summed E-state index contributed by atoms with van der Waals surface area (Å²) in [7, 11) is 1.46. The van der Waals surface area contributed by atoms with Gasteiger partial charge in [-0.2, -0.15) is 0 Å². The van der Waals surface area contributed by atoms with Crippen molar-refractivity contribution in [1.82, 2.24) is 4.90 Å². The number of ether oxygens (including phenoxy) is 2. The lowest BCUT2D eigenvalue weighted by Gasteiger charge is -2.24. The standard InChI is InChI=1S/C14H18ClNO4/c1-14(2,3)20-13(18)16-6-8-5-10(19-4)12(17)11(15)9(8)7-16/h5,17H,6-7H2,1-4H3. The monoisotopic (exact) mass is 299 g/mol. The molecule has 1 aliphatic heterocycles. The van der Waals surface area contributed by atoms with Gasteiger partial charge in [0, 0.05) is 6.54 Å². The van der Waals surface area contributed by atoms with Crippen molar-refractivity contribution in [2.45, 2.75) is 39.5 Å². The fourth-order valence-corrected chi connectivity index (χ4v) is 2.36. The molecule has 1 aromatic carbocycles. The minimum Gasteiger partial charge on any atom is -0.503 e. The molecule has 1 N–H and O–H groups in total. The van der Waals surface area contributed by atoms with Gasteiger partial charge in [0.2, 0.25) is 0 Å². The summed E-state index contributed by atoms with van der Waals surface area (Å²) in [6.07, 6.45) is -0.400. The molecule has 5 nitrogen and oxygen atoms in total. The third kappa shape index (κ3) is 2.77. The van der Waals surface area contributed by atoms with Crippen molar-refractivity contribution in [3.05, 3.63) is 22.2 Å². The normalized spacial score (nSPS) is 14.2. The largest absolute Gasteiger partial charge is 0.503 e. The maximum Gasteiger partial charge on any atom is 0.410 e. The number of phenols is 1. The first-order valence-electron chi connectivity index (χ1n) is 6.28. The Kier molecular flexibility index (Phi) is 3.73. The molecule has 1 aliphatic rings. The molecule has 110 valence electrons. The number of nitrogens with zero attached hydrogens (tertiary/aromatic N) is 1. The van der Waals surface area contributed by atoms with E-state index in [1.807, 2.05) is 20.8 Å². The highest BCUT2D eigenvalue weighted by Crippen LogP contribution is 2.42. The van der Waals surface area contributed by atoms with E-state index in [4.69, 9.17) is 21.1 Å². The lowest BCUT2D eigenvalue weighted by Crippen LogP contribution is -2.33. The van der Waals surface area contributed by atoms with E-state index in [0.29, 0.717) is 18.8 Å². The Morgan fingerprint density at radius 2 is 2.05 bits per heavy atom. The molecule has 0 spiro atoms. The van der Waals surface area contributed by atoms with Crippen molar-refractivity contribution in [3.8, 4) is 11.5 Å². The number of benzene rings is 1. The van der Waals surface area contributed by atoms with Gasteiger partial charge in [-0.3, -0.25) is 4.90 Å². The van der Waals surface area contributed by atoms with Crippen molar-refractivity contribution < 1.29 is 19.4 Å². The predicted octanol–water partition coefficient (Wildman–Crippen LogP) is 3.30. The van der Waals surface area contributed by atoms with Crippen LogP contribution in [-0.2, 0) is 17.8 Å². The third-order valence-electron chi connectivity index (χ3n) is 2.98. The summed E-state index contributed by atoms with van der Waals surface area (Å²) in [4.78, 5) is 13.6. The van der Waals surface area contributed by atoms with Gasteiger partial charge in [-0.25, -0.2) is 4.79 Å². The van der Waals surface area contributed by atoms with Gasteiger partial charge < -0.3 is 14.6 Å².